The molecule has 1 aromatic carbocycles. The lowest BCUT2D eigenvalue weighted by Gasteiger charge is -2.32. The number of rotatable bonds is 2. The fourth-order valence-electron chi connectivity index (χ4n) is 2.15. The van der Waals surface area contributed by atoms with Gasteiger partial charge in [0.15, 0.2) is 0 Å². The fraction of sp³-hybridized carbons (Fsp3) is 0.462. The number of benzene rings is 1. The lowest BCUT2D eigenvalue weighted by molar-refractivity contribution is 0.0697. The molecular formula is C13H16BrNO2. The summed E-state index contributed by atoms with van der Waals surface area (Å²) in [4.78, 5) is 13.3. The largest absolute Gasteiger partial charge is 0.478 e. The molecule has 1 aliphatic rings. The summed E-state index contributed by atoms with van der Waals surface area (Å²) in [7, 11) is 0. The van der Waals surface area contributed by atoms with E-state index in [-0.39, 0.29) is 0 Å². The van der Waals surface area contributed by atoms with E-state index in [1.807, 2.05) is 6.07 Å². The average molecular weight is 298 g/mol. The SMILES string of the molecule is CC1CCN(c2cc(Br)cc(C(=O)O)c2)CC1. The summed E-state index contributed by atoms with van der Waals surface area (Å²) in [5.41, 5.74) is 1.34. The first-order chi connectivity index (χ1) is 8.06. The van der Waals surface area contributed by atoms with E-state index >= 15 is 0 Å². The lowest BCUT2D eigenvalue weighted by Crippen LogP contribution is -2.32. The van der Waals surface area contributed by atoms with E-state index in [1.54, 1.807) is 12.1 Å². The third kappa shape index (κ3) is 3.00. The standard InChI is InChI=1S/C13H16BrNO2/c1-9-2-4-15(5-3-9)12-7-10(13(16)17)6-11(14)8-12/h6-9H,2-5H2,1H3,(H,16,17). The van der Waals surface area contributed by atoms with Crippen LogP contribution in [0, 0.1) is 5.92 Å². The van der Waals surface area contributed by atoms with Crippen molar-refractivity contribution < 1.29 is 9.90 Å². The molecule has 0 saturated carbocycles. The number of hydrogen-bond donors (Lipinski definition) is 1. The van der Waals surface area contributed by atoms with Gasteiger partial charge in [-0.1, -0.05) is 22.9 Å². The van der Waals surface area contributed by atoms with Gasteiger partial charge < -0.3 is 10.0 Å². The predicted octanol–water partition coefficient (Wildman–Crippen LogP) is 3.38. The van der Waals surface area contributed by atoms with Crippen LogP contribution >= 0.6 is 15.9 Å². The van der Waals surface area contributed by atoms with Gasteiger partial charge in [-0.05, 0) is 37.0 Å². The molecule has 92 valence electrons. The Balaban J connectivity index is 2.23. The summed E-state index contributed by atoms with van der Waals surface area (Å²) in [6.45, 7) is 4.29. The fourth-order valence-corrected chi connectivity index (χ4v) is 2.63. The van der Waals surface area contributed by atoms with Gasteiger partial charge in [-0.2, -0.15) is 0 Å². The Morgan fingerprint density at radius 1 is 1.35 bits per heavy atom. The molecule has 1 fully saturated rings. The molecule has 0 atom stereocenters. The molecule has 0 radical (unpaired) electrons. The van der Waals surface area contributed by atoms with Crippen LogP contribution in [0.2, 0.25) is 0 Å². The van der Waals surface area contributed by atoms with Crippen molar-refractivity contribution in [1.82, 2.24) is 0 Å². The number of nitrogens with zero attached hydrogens (tertiary/aromatic N) is 1. The summed E-state index contributed by atoms with van der Waals surface area (Å²) in [5.74, 6) is -0.102. The van der Waals surface area contributed by atoms with Gasteiger partial charge in [-0.15, -0.1) is 0 Å². The first kappa shape index (κ1) is 12.4. The van der Waals surface area contributed by atoms with Crippen LogP contribution < -0.4 is 4.90 Å². The highest BCUT2D eigenvalue weighted by molar-refractivity contribution is 9.10. The number of piperidine rings is 1. The van der Waals surface area contributed by atoms with Crippen LogP contribution in [0.1, 0.15) is 30.1 Å². The van der Waals surface area contributed by atoms with Crippen LogP contribution in [0.25, 0.3) is 0 Å². The molecule has 0 aromatic heterocycles. The van der Waals surface area contributed by atoms with Crippen LogP contribution in [-0.2, 0) is 0 Å². The molecule has 1 aliphatic heterocycles. The van der Waals surface area contributed by atoms with Gasteiger partial charge in [-0.3, -0.25) is 0 Å². The van der Waals surface area contributed by atoms with Crippen molar-refractivity contribution in [2.75, 3.05) is 18.0 Å². The highest BCUT2D eigenvalue weighted by atomic mass is 79.9. The number of carbonyl (C=O) groups is 1. The molecule has 0 unspecified atom stereocenters. The Labute approximate surface area is 110 Å². The van der Waals surface area contributed by atoms with E-state index in [0.717, 1.165) is 29.2 Å². The predicted molar refractivity (Wildman–Crippen MR) is 71.7 cm³/mol. The quantitative estimate of drug-likeness (QED) is 0.910. The van der Waals surface area contributed by atoms with Gasteiger partial charge >= 0.3 is 5.97 Å². The van der Waals surface area contributed by atoms with Gasteiger partial charge in [0, 0.05) is 23.2 Å². The summed E-state index contributed by atoms with van der Waals surface area (Å²) in [5, 5.41) is 9.03. The second-order valence-electron chi connectivity index (χ2n) is 4.67. The zero-order valence-corrected chi connectivity index (χ0v) is 11.4. The Morgan fingerprint density at radius 3 is 2.59 bits per heavy atom. The Hall–Kier alpha value is -1.03. The van der Waals surface area contributed by atoms with Crippen LogP contribution in [0.3, 0.4) is 0 Å². The van der Waals surface area contributed by atoms with Crippen molar-refractivity contribution in [1.29, 1.82) is 0 Å². The molecule has 1 saturated heterocycles. The molecule has 1 aromatic rings. The van der Waals surface area contributed by atoms with Crippen LogP contribution in [0.15, 0.2) is 22.7 Å². The summed E-state index contributed by atoms with van der Waals surface area (Å²) in [6.07, 6.45) is 2.35. The van der Waals surface area contributed by atoms with Gasteiger partial charge in [0.25, 0.3) is 0 Å². The van der Waals surface area contributed by atoms with E-state index in [2.05, 4.69) is 27.8 Å². The molecule has 1 heterocycles. The minimum atomic E-state index is -0.877. The van der Waals surface area contributed by atoms with Crippen LogP contribution in [0.5, 0.6) is 0 Å². The van der Waals surface area contributed by atoms with E-state index in [1.165, 1.54) is 12.8 Å². The third-order valence-electron chi connectivity index (χ3n) is 3.28. The van der Waals surface area contributed by atoms with E-state index in [9.17, 15) is 4.79 Å². The molecule has 0 bridgehead atoms. The highest BCUT2D eigenvalue weighted by Gasteiger charge is 2.17. The lowest BCUT2D eigenvalue weighted by atomic mass is 9.98. The number of carboxylic acids is 1. The monoisotopic (exact) mass is 297 g/mol. The van der Waals surface area contributed by atoms with Crippen molar-refractivity contribution in [2.45, 2.75) is 19.8 Å². The summed E-state index contributed by atoms with van der Waals surface area (Å²) >= 11 is 3.37. The second kappa shape index (κ2) is 5.08. The van der Waals surface area contributed by atoms with E-state index in [0.29, 0.717) is 5.56 Å². The Kier molecular flexibility index (Phi) is 3.72. The molecule has 2 rings (SSSR count). The molecule has 3 nitrogen and oxygen atoms in total. The van der Waals surface area contributed by atoms with Crippen molar-refractivity contribution >= 4 is 27.6 Å². The molecular weight excluding hydrogens is 282 g/mol. The third-order valence-corrected chi connectivity index (χ3v) is 3.74. The van der Waals surface area contributed by atoms with Gasteiger partial charge in [0.05, 0.1) is 5.56 Å². The number of anilines is 1. The highest BCUT2D eigenvalue weighted by Crippen LogP contribution is 2.27. The first-order valence-corrected chi connectivity index (χ1v) is 6.64. The van der Waals surface area contributed by atoms with Crippen molar-refractivity contribution in [2.24, 2.45) is 5.92 Å². The maximum Gasteiger partial charge on any atom is 0.335 e. The second-order valence-corrected chi connectivity index (χ2v) is 5.59. The van der Waals surface area contributed by atoms with Gasteiger partial charge in [0.2, 0.25) is 0 Å². The number of halogens is 1. The zero-order chi connectivity index (χ0) is 12.4. The van der Waals surface area contributed by atoms with Crippen LogP contribution in [0.4, 0.5) is 5.69 Å². The Morgan fingerprint density at radius 2 is 2.00 bits per heavy atom. The summed E-state index contributed by atoms with van der Waals surface area (Å²) in [6, 6.07) is 5.38. The smallest absolute Gasteiger partial charge is 0.335 e. The van der Waals surface area contributed by atoms with Gasteiger partial charge in [-0.25, -0.2) is 4.79 Å². The Bertz CT molecular complexity index is 425. The van der Waals surface area contributed by atoms with Gasteiger partial charge in [0.1, 0.15) is 0 Å². The number of carboxylic acid groups (broad SMARTS) is 1. The van der Waals surface area contributed by atoms with Crippen LogP contribution in [-0.4, -0.2) is 24.2 Å². The molecule has 0 spiro atoms. The van der Waals surface area contributed by atoms with E-state index in [4.69, 9.17) is 5.11 Å². The molecule has 4 heteroatoms. The minimum absolute atomic E-state index is 0.341. The molecule has 0 amide bonds. The van der Waals surface area contributed by atoms with E-state index < -0.39 is 5.97 Å². The topological polar surface area (TPSA) is 40.5 Å². The van der Waals surface area contributed by atoms with Crippen molar-refractivity contribution in [3.05, 3.63) is 28.2 Å². The molecule has 1 N–H and O–H groups in total. The van der Waals surface area contributed by atoms with Crippen molar-refractivity contribution in [3.63, 3.8) is 0 Å². The number of hydrogen-bond acceptors (Lipinski definition) is 2. The normalized spacial score (nSPS) is 17.2. The number of aromatic carboxylic acids is 1. The average Bonchev–Trinajstić information content (AvgIpc) is 2.29. The maximum absolute atomic E-state index is 11.0. The molecule has 17 heavy (non-hydrogen) atoms. The minimum Gasteiger partial charge on any atom is -0.478 e. The van der Waals surface area contributed by atoms with Crippen molar-refractivity contribution in [3.8, 4) is 0 Å². The zero-order valence-electron chi connectivity index (χ0n) is 9.82. The first-order valence-electron chi connectivity index (χ1n) is 5.85. The maximum atomic E-state index is 11.0. The summed E-state index contributed by atoms with van der Waals surface area (Å²) < 4.78 is 0.825. The molecule has 0 aliphatic carbocycles.